The SMILES string of the molecule is COC(=O)[C@H]1Cc2cncn2C(=O)N1. The smallest absolute Gasteiger partial charge is 0.328 e. The molecule has 1 N–H and O–H groups in total. The van der Waals surface area contributed by atoms with Crippen molar-refractivity contribution in [2.24, 2.45) is 0 Å². The van der Waals surface area contributed by atoms with Crippen molar-refractivity contribution in [2.45, 2.75) is 12.5 Å². The van der Waals surface area contributed by atoms with Gasteiger partial charge in [-0.2, -0.15) is 0 Å². The minimum absolute atomic E-state index is 0.348. The Kier molecular flexibility index (Phi) is 1.95. The van der Waals surface area contributed by atoms with E-state index in [4.69, 9.17) is 0 Å². The number of nitrogens with zero attached hydrogens (tertiary/aromatic N) is 2. The second-order valence-electron chi connectivity index (χ2n) is 2.98. The summed E-state index contributed by atoms with van der Waals surface area (Å²) < 4.78 is 5.92. The van der Waals surface area contributed by atoms with E-state index in [0.717, 1.165) is 0 Å². The second-order valence-corrected chi connectivity index (χ2v) is 2.98. The molecule has 1 aromatic rings. The first-order chi connectivity index (χ1) is 6.72. The summed E-state index contributed by atoms with van der Waals surface area (Å²) in [5, 5.41) is 2.52. The fraction of sp³-hybridized carbons (Fsp3) is 0.375. The van der Waals surface area contributed by atoms with Crippen molar-refractivity contribution in [3.05, 3.63) is 18.2 Å². The Hall–Kier alpha value is -1.85. The summed E-state index contributed by atoms with van der Waals surface area (Å²) in [6, 6.07) is -0.948. The van der Waals surface area contributed by atoms with Crippen molar-refractivity contribution in [3.8, 4) is 0 Å². The minimum Gasteiger partial charge on any atom is -0.467 e. The van der Waals surface area contributed by atoms with Gasteiger partial charge in [0.05, 0.1) is 7.11 Å². The summed E-state index contributed by atoms with van der Waals surface area (Å²) in [6.45, 7) is 0. The molecule has 6 heteroatoms. The van der Waals surface area contributed by atoms with Gasteiger partial charge in [0.1, 0.15) is 12.4 Å². The monoisotopic (exact) mass is 195 g/mol. The molecule has 0 aliphatic carbocycles. The van der Waals surface area contributed by atoms with Gasteiger partial charge in [-0.15, -0.1) is 0 Å². The summed E-state index contributed by atoms with van der Waals surface area (Å²) in [5.74, 6) is -0.439. The number of carbonyl (C=O) groups excluding carboxylic acids is 2. The lowest BCUT2D eigenvalue weighted by Crippen LogP contribution is -2.49. The Labute approximate surface area is 79.9 Å². The summed E-state index contributed by atoms with van der Waals surface area (Å²) in [5.41, 5.74) is 0.712. The maximum atomic E-state index is 11.4. The molecule has 6 nitrogen and oxygen atoms in total. The first-order valence-corrected chi connectivity index (χ1v) is 4.12. The van der Waals surface area contributed by atoms with E-state index in [1.807, 2.05) is 0 Å². The van der Waals surface area contributed by atoms with Crippen molar-refractivity contribution in [3.63, 3.8) is 0 Å². The third-order valence-corrected chi connectivity index (χ3v) is 2.13. The van der Waals surface area contributed by atoms with Gasteiger partial charge in [-0.05, 0) is 0 Å². The molecule has 0 unspecified atom stereocenters. The molecule has 2 heterocycles. The molecule has 0 spiro atoms. The van der Waals surface area contributed by atoms with E-state index in [1.165, 1.54) is 18.0 Å². The Morgan fingerprint density at radius 3 is 3.29 bits per heavy atom. The highest BCUT2D eigenvalue weighted by Gasteiger charge is 2.29. The molecule has 1 amide bonds. The van der Waals surface area contributed by atoms with Gasteiger partial charge in [-0.25, -0.2) is 14.6 Å². The Bertz CT molecular complexity index is 385. The van der Waals surface area contributed by atoms with Crippen LogP contribution >= 0.6 is 0 Å². The van der Waals surface area contributed by atoms with Crippen LogP contribution in [0.25, 0.3) is 0 Å². The molecule has 1 atom stereocenters. The number of ether oxygens (including phenoxy) is 1. The highest BCUT2D eigenvalue weighted by Crippen LogP contribution is 2.09. The van der Waals surface area contributed by atoms with Crippen LogP contribution in [0.5, 0.6) is 0 Å². The molecule has 0 bridgehead atoms. The number of hydrogen-bond donors (Lipinski definition) is 1. The van der Waals surface area contributed by atoms with Crippen LogP contribution in [0.4, 0.5) is 4.79 Å². The van der Waals surface area contributed by atoms with Crippen LogP contribution in [0.2, 0.25) is 0 Å². The number of amides is 1. The van der Waals surface area contributed by atoms with Gasteiger partial charge in [0.2, 0.25) is 0 Å². The van der Waals surface area contributed by atoms with E-state index >= 15 is 0 Å². The number of aromatic nitrogens is 2. The van der Waals surface area contributed by atoms with Crippen molar-refractivity contribution in [1.29, 1.82) is 0 Å². The van der Waals surface area contributed by atoms with Crippen LogP contribution in [0, 0.1) is 0 Å². The van der Waals surface area contributed by atoms with Gasteiger partial charge in [-0.1, -0.05) is 0 Å². The van der Waals surface area contributed by atoms with Gasteiger partial charge in [0, 0.05) is 18.3 Å². The molecule has 14 heavy (non-hydrogen) atoms. The third-order valence-electron chi connectivity index (χ3n) is 2.13. The number of hydrogen-bond acceptors (Lipinski definition) is 4. The van der Waals surface area contributed by atoms with Gasteiger partial charge >= 0.3 is 12.0 Å². The molecule has 0 fully saturated rings. The standard InChI is InChI=1S/C8H9N3O3/c1-14-7(12)6-2-5-3-9-4-11(5)8(13)10-6/h3-4,6H,2H2,1H3,(H,10,13)/t6-/m1/s1. The minimum atomic E-state index is -0.600. The molecule has 2 rings (SSSR count). The molecule has 1 aliphatic heterocycles. The first-order valence-electron chi connectivity index (χ1n) is 4.12. The van der Waals surface area contributed by atoms with Crippen LogP contribution in [-0.2, 0) is 16.0 Å². The maximum Gasteiger partial charge on any atom is 0.328 e. The first kappa shape index (κ1) is 8.74. The van der Waals surface area contributed by atoms with Crippen molar-refractivity contribution < 1.29 is 14.3 Å². The number of rotatable bonds is 1. The van der Waals surface area contributed by atoms with E-state index in [-0.39, 0.29) is 6.03 Å². The topological polar surface area (TPSA) is 73.2 Å². The van der Waals surface area contributed by atoms with Crippen LogP contribution in [0.15, 0.2) is 12.5 Å². The van der Waals surface area contributed by atoms with E-state index in [9.17, 15) is 9.59 Å². The lowest BCUT2D eigenvalue weighted by molar-refractivity contribution is -0.142. The molecule has 0 saturated carbocycles. The summed E-state index contributed by atoms with van der Waals surface area (Å²) in [7, 11) is 1.29. The number of esters is 1. The van der Waals surface area contributed by atoms with Crippen molar-refractivity contribution in [1.82, 2.24) is 14.9 Å². The lowest BCUT2D eigenvalue weighted by Gasteiger charge is -2.22. The molecule has 0 aromatic carbocycles. The predicted molar refractivity (Wildman–Crippen MR) is 45.7 cm³/mol. The molecule has 1 aliphatic rings. The zero-order chi connectivity index (χ0) is 10.1. The van der Waals surface area contributed by atoms with Crippen molar-refractivity contribution in [2.75, 3.05) is 7.11 Å². The lowest BCUT2D eigenvalue weighted by atomic mass is 10.1. The highest BCUT2D eigenvalue weighted by atomic mass is 16.5. The zero-order valence-corrected chi connectivity index (χ0v) is 7.56. The number of imidazole rings is 1. The van der Waals surface area contributed by atoms with Crippen LogP contribution in [0.1, 0.15) is 5.69 Å². The third kappa shape index (κ3) is 1.24. The molecular formula is C8H9N3O3. The fourth-order valence-electron chi connectivity index (χ4n) is 1.42. The number of methoxy groups -OCH3 is 1. The second kappa shape index (κ2) is 3.13. The Balaban J connectivity index is 2.25. The predicted octanol–water partition coefficient (Wildman–Crippen LogP) is -0.461. The summed E-state index contributed by atoms with van der Waals surface area (Å²) in [4.78, 5) is 26.4. The number of carbonyl (C=O) groups is 2. The van der Waals surface area contributed by atoms with Crippen LogP contribution < -0.4 is 5.32 Å². The average Bonchev–Trinajstić information content (AvgIpc) is 2.64. The normalized spacial score (nSPS) is 19.8. The van der Waals surface area contributed by atoms with Crippen LogP contribution in [0.3, 0.4) is 0 Å². The fourth-order valence-corrected chi connectivity index (χ4v) is 1.42. The molecule has 74 valence electrons. The Morgan fingerprint density at radius 1 is 1.79 bits per heavy atom. The molecule has 0 radical (unpaired) electrons. The molecular weight excluding hydrogens is 186 g/mol. The van der Waals surface area contributed by atoms with Gasteiger partial charge < -0.3 is 10.1 Å². The van der Waals surface area contributed by atoms with E-state index in [2.05, 4.69) is 15.0 Å². The van der Waals surface area contributed by atoms with Gasteiger partial charge in [0.15, 0.2) is 0 Å². The summed E-state index contributed by atoms with van der Waals surface area (Å²) in [6.07, 6.45) is 3.39. The molecule has 0 saturated heterocycles. The van der Waals surface area contributed by atoms with E-state index < -0.39 is 12.0 Å². The quantitative estimate of drug-likeness (QED) is 0.615. The largest absolute Gasteiger partial charge is 0.467 e. The van der Waals surface area contributed by atoms with Crippen molar-refractivity contribution >= 4 is 12.0 Å². The summed E-state index contributed by atoms with van der Waals surface area (Å²) >= 11 is 0. The zero-order valence-electron chi connectivity index (χ0n) is 7.56. The molecule has 1 aromatic heterocycles. The Morgan fingerprint density at radius 2 is 2.57 bits per heavy atom. The van der Waals surface area contributed by atoms with Gasteiger partial charge in [0.25, 0.3) is 0 Å². The van der Waals surface area contributed by atoms with E-state index in [0.29, 0.717) is 12.1 Å². The number of nitrogens with one attached hydrogen (secondary N) is 1. The van der Waals surface area contributed by atoms with E-state index in [1.54, 1.807) is 6.20 Å². The number of fused-ring (bicyclic) bond motifs is 1. The highest BCUT2D eigenvalue weighted by molar-refractivity contribution is 5.86. The van der Waals surface area contributed by atoms with Gasteiger partial charge in [-0.3, -0.25) is 4.57 Å². The maximum absolute atomic E-state index is 11.4. The van der Waals surface area contributed by atoms with Crippen LogP contribution in [-0.4, -0.2) is 34.7 Å². The average molecular weight is 195 g/mol.